The van der Waals surface area contributed by atoms with Crippen LogP contribution in [0.2, 0.25) is 5.02 Å². The molecule has 0 saturated carbocycles. The Kier molecular flexibility index (Phi) is 7.79. The summed E-state index contributed by atoms with van der Waals surface area (Å²) in [5.74, 6) is -0.0629. The lowest BCUT2D eigenvalue weighted by Gasteiger charge is -2.07. The van der Waals surface area contributed by atoms with E-state index in [1.165, 1.54) is 6.21 Å². The number of amides is 2. The van der Waals surface area contributed by atoms with Gasteiger partial charge in [-0.05, 0) is 54.4 Å². The molecule has 0 saturated heterocycles. The Balaban J connectivity index is 1.45. The molecule has 0 heterocycles. The third kappa shape index (κ3) is 7.28. The minimum absolute atomic E-state index is 0.172. The van der Waals surface area contributed by atoms with E-state index in [1.807, 2.05) is 67.6 Å². The summed E-state index contributed by atoms with van der Waals surface area (Å²) in [4.78, 5) is 23.9. The molecule has 2 amide bonds. The summed E-state index contributed by atoms with van der Waals surface area (Å²) in [7, 11) is 0. The molecular formula is C24H22ClN3O3. The first-order chi connectivity index (χ1) is 15.0. The highest BCUT2D eigenvalue weighted by molar-refractivity contribution is 6.30. The number of nitrogens with zero attached hydrogens (tertiary/aromatic N) is 1. The second kappa shape index (κ2) is 10.9. The molecule has 0 spiro atoms. The Morgan fingerprint density at radius 1 is 1.03 bits per heavy atom. The van der Waals surface area contributed by atoms with E-state index in [0.717, 1.165) is 16.7 Å². The summed E-state index contributed by atoms with van der Waals surface area (Å²) in [5, 5.41) is 7.16. The van der Waals surface area contributed by atoms with E-state index in [9.17, 15) is 9.59 Å². The summed E-state index contributed by atoms with van der Waals surface area (Å²) in [6, 6.07) is 21.9. The number of hydrogen-bond donors (Lipinski definition) is 2. The van der Waals surface area contributed by atoms with Crippen LogP contribution in [0.25, 0.3) is 0 Å². The highest BCUT2D eigenvalue weighted by Crippen LogP contribution is 2.15. The van der Waals surface area contributed by atoms with Gasteiger partial charge in [-0.2, -0.15) is 5.10 Å². The molecule has 0 radical (unpaired) electrons. The molecule has 3 rings (SSSR count). The first-order valence-corrected chi connectivity index (χ1v) is 10.0. The predicted octanol–water partition coefficient (Wildman–Crippen LogP) is 4.11. The van der Waals surface area contributed by atoms with E-state index >= 15 is 0 Å². The van der Waals surface area contributed by atoms with Crippen LogP contribution < -0.4 is 15.5 Å². The molecule has 6 nitrogen and oxygen atoms in total. The third-order valence-electron chi connectivity index (χ3n) is 4.30. The van der Waals surface area contributed by atoms with Crippen molar-refractivity contribution >= 4 is 29.6 Å². The fourth-order valence-electron chi connectivity index (χ4n) is 2.62. The van der Waals surface area contributed by atoms with E-state index in [1.54, 1.807) is 12.1 Å². The molecule has 0 aromatic heterocycles. The van der Waals surface area contributed by atoms with Crippen LogP contribution in [0.15, 0.2) is 77.9 Å². The molecule has 3 aromatic carbocycles. The average molecular weight is 436 g/mol. The monoisotopic (exact) mass is 435 g/mol. The van der Waals surface area contributed by atoms with E-state index in [4.69, 9.17) is 16.3 Å². The molecule has 31 heavy (non-hydrogen) atoms. The van der Waals surface area contributed by atoms with Crippen LogP contribution in [-0.2, 0) is 11.4 Å². The van der Waals surface area contributed by atoms with Crippen molar-refractivity contribution in [3.8, 4) is 5.75 Å². The molecule has 0 aliphatic rings. The second-order valence-electron chi connectivity index (χ2n) is 6.83. The van der Waals surface area contributed by atoms with Crippen LogP contribution in [-0.4, -0.2) is 24.6 Å². The van der Waals surface area contributed by atoms with Crippen LogP contribution in [0.3, 0.4) is 0 Å². The summed E-state index contributed by atoms with van der Waals surface area (Å²) >= 11 is 5.88. The molecule has 0 fully saturated rings. The van der Waals surface area contributed by atoms with Gasteiger partial charge in [0.1, 0.15) is 12.4 Å². The maximum atomic E-state index is 12.0. The second-order valence-corrected chi connectivity index (χ2v) is 7.27. The van der Waals surface area contributed by atoms with Crippen LogP contribution in [0.1, 0.15) is 27.0 Å². The first-order valence-electron chi connectivity index (χ1n) is 9.64. The number of rotatable bonds is 8. The Labute approximate surface area is 185 Å². The Bertz CT molecular complexity index is 1060. The predicted molar refractivity (Wildman–Crippen MR) is 121 cm³/mol. The number of hydrogen-bond acceptors (Lipinski definition) is 4. The highest BCUT2D eigenvalue weighted by atomic mass is 35.5. The van der Waals surface area contributed by atoms with Crippen molar-refractivity contribution < 1.29 is 14.3 Å². The minimum Gasteiger partial charge on any atom is -0.489 e. The Morgan fingerprint density at radius 2 is 1.77 bits per heavy atom. The van der Waals surface area contributed by atoms with Crippen LogP contribution in [0.5, 0.6) is 5.75 Å². The minimum atomic E-state index is -0.424. The summed E-state index contributed by atoms with van der Waals surface area (Å²) < 4.78 is 5.77. The third-order valence-corrected chi connectivity index (χ3v) is 4.55. The molecule has 0 unspecified atom stereocenters. The van der Waals surface area contributed by atoms with Gasteiger partial charge in [-0.1, -0.05) is 53.6 Å². The average Bonchev–Trinajstić information content (AvgIpc) is 2.78. The van der Waals surface area contributed by atoms with Crippen LogP contribution in [0, 0.1) is 6.92 Å². The van der Waals surface area contributed by atoms with Gasteiger partial charge in [0.2, 0.25) is 0 Å². The molecule has 2 N–H and O–H groups in total. The van der Waals surface area contributed by atoms with Crippen molar-refractivity contribution in [2.75, 3.05) is 6.54 Å². The van der Waals surface area contributed by atoms with Crippen molar-refractivity contribution in [2.24, 2.45) is 5.10 Å². The summed E-state index contributed by atoms with van der Waals surface area (Å²) in [5.41, 5.74) is 5.71. The normalized spacial score (nSPS) is 10.6. The van der Waals surface area contributed by atoms with Crippen molar-refractivity contribution in [2.45, 2.75) is 13.5 Å². The molecule has 7 heteroatoms. The highest BCUT2D eigenvalue weighted by Gasteiger charge is 2.07. The number of benzene rings is 3. The lowest BCUT2D eigenvalue weighted by atomic mass is 10.1. The molecule has 0 aliphatic heterocycles. The van der Waals surface area contributed by atoms with Crippen molar-refractivity contribution in [1.82, 2.24) is 10.7 Å². The lowest BCUT2D eigenvalue weighted by Crippen LogP contribution is -2.34. The molecule has 158 valence electrons. The largest absolute Gasteiger partial charge is 0.489 e. The van der Waals surface area contributed by atoms with Gasteiger partial charge in [-0.15, -0.1) is 0 Å². The number of aryl methyl sites for hydroxylation is 1. The van der Waals surface area contributed by atoms with Gasteiger partial charge in [0.15, 0.2) is 0 Å². The number of halogens is 1. The number of carbonyl (C=O) groups is 2. The number of hydrazone groups is 1. The van der Waals surface area contributed by atoms with E-state index < -0.39 is 5.91 Å². The molecule has 0 aliphatic carbocycles. The van der Waals surface area contributed by atoms with E-state index in [2.05, 4.69) is 15.8 Å². The van der Waals surface area contributed by atoms with Gasteiger partial charge in [0, 0.05) is 10.6 Å². The summed E-state index contributed by atoms with van der Waals surface area (Å²) in [6.45, 7) is 2.18. The van der Waals surface area contributed by atoms with Gasteiger partial charge >= 0.3 is 0 Å². The quantitative estimate of drug-likeness (QED) is 0.413. The Hall–Kier alpha value is -3.64. The SMILES string of the molecule is Cc1ccc(C(=O)NCC(=O)N/N=C/c2cccc(OCc3ccc(Cl)cc3)c2)cc1. The zero-order valence-electron chi connectivity index (χ0n) is 17.0. The van der Waals surface area contributed by atoms with Crippen molar-refractivity contribution in [1.29, 1.82) is 0 Å². The van der Waals surface area contributed by atoms with Crippen LogP contribution in [0.4, 0.5) is 0 Å². The van der Waals surface area contributed by atoms with Gasteiger partial charge < -0.3 is 10.1 Å². The maximum Gasteiger partial charge on any atom is 0.259 e. The molecular weight excluding hydrogens is 414 g/mol. The fourth-order valence-corrected chi connectivity index (χ4v) is 2.74. The summed E-state index contributed by atoms with van der Waals surface area (Å²) in [6.07, 6.45) is 1.51. The zero-order valence-corrected chi connectivity index (χ0v) is 17.7. The zero-order chi connectivity index (χ0) is 22.1. The fraction of sp³-hybridized carbons (Fsp3) is 0.125. The van der Waals surface area contributed by atoms with E-state index in [-0.39, 0.29) is 12.5 Å². The molecule has 3 aromatic rings. The lowest BCUT2D eigenvalue weighted by molar-refractivity contribution is -0.120. The topological polar surface area (TPSA) is 79.8 Å². The van der Waals surface area contributed by atoms with Gasteiger partial charge in [0.25, 0.3) is 11.8 Å². The van der Waals surface area contributed by atoms with E-state index in [0.29, 0.717) is 22.9 Å². The smallest absolute Gasteiger partial charge is 0.259 e. The molecule has 0 atom stereocenters. The van der Waals surface area contributed by atoms with Gasteiger partial charge in [0.05, 0.1) is 12.8 Å². The van der Waals surface area contributed by atoms with Gasteiger partial charge in [-0.25, -0.2) is 5.43 Å². The number of ether oxygens (including phenoxy) is 1. The van der Waals surface area contributed by atoms with Crippen molar-refractivity contribution in [3.05, 3.63) is 100 Å². The van der Waals surface area contributed by atoms with Crippen LogP contribution >= 0.6 is 11.6 Å². The number of nitrogens with one attached hydrogen (secondary N) is 2. The first kappa shape index (κ1) is 22.1. The van der Waals surface area contributed by atoms with Crippen molar-refractivity contribution in [3.63, 3.8) is 0 Å². The van der Waals surface area contributed by atoms with Gasteiger partial charge in [-0.3, -0.25) is 9.59 Å². The standard InChI is InChI=1S/C24H22ClN3O3/c1-17-5-9-20(10-6-17)24(30)26-15-23(29)28-27-14-19-3-2-4-22(13-19)31-16-18-7-11-21(25)12-8-18/h2-14H,15-16H2,1H3,(H,26,30)(H,28,29)/b27-14+. The Morgan fingerprint density at radius 3 is 2.52 bits per heavy atom. The molecule has 0 bridgehead atoms. The number of carbonyl (C=O) groups excluding carboxylic acids is 2. The maximum absolute atomic E-state index is 12.0.